The van der Waals surface area contributed by atoms with Gasteiger partial charge in [-0.25, -0.2) is 0 Å². The van der Waals surface area contributed by atoms with Crippen LogP contribution in [0.4, 0.5) is 17.1 Å². The van der Waals surface area contributed by atoms with Crippen LogP contribution in [0, 0.1) is 28.9 Å². The summed E-state index contributed by atoms with van der Waals surface area (Å²) in [6.07, 6.45) is 4.29. The highest BCUT2D eigenvalue weighted by molar-refractivity contribution is 8.00. The average Bonchev–Trinajstić information content (AvgIpc) is 2.79. The highest BCUT2D eigenvalue weighted by Gasteiger charge is 2.33. The second kappa shape index (κ2) is 10.8. The van der Waals surface area contributed by atoms with Crippen molar-refractivity contribution in [2.45, 2.75) is 24.7 Å². The summed E-state index contributed by atoms with van der Waals surface area (Å²) >= 11 is 1.24. The van der Waals surface area contributed by atoms with E-state index in [0.29, 0.717) is 29.8 Å². The number of carbonyl (C=O) groups is 3. The topological polar surface area (TPSA) is 139 Å². The minimum Gasteiger partial charge on any atom is -0.481 e. The molecular weight excluding hydrogens is 446 g/mol. The van der Waals surface area contributed by atoms with Gasteiger partial charge < -0.3 is 15.7 Å². The first-order valence-corrected chi connectivity index (χ1v) is 11.2. The van der Waals surface area contributed by atoms with Crippen LogP contribution >= 0.6 is 11.8 Å². The van der Waals surface area contributed by atoms with Crippen LogP contribution in [0.2, 0.25) is 0 Å². The number of carboxylic acid groups (broad SMARTS) is 1. The predicted molar refractivity (Wildman–Crippen MR) is 125 cm³/mol. The first kappa shape index (κ1) is 24.0. The van der Waals surface area contributed by atoms with Gasteiger partial charge in [-0.15, -0.1) is 11.8 Å². The Hall–Kier alpha value is -3.66. The molecule has 2 aromatic carbocycles. The number of nitro groups is 1. The Labute approximate surface area is 194 Å². The van der Waals surface area contributed by atoms with E-state index in [2.05, 4.69) is 10.6 Å². The number of nitro benzene ring substituents is 1. The van der Waals surface area contributed by atoms with Crippen molar-refractivity contribution in [3.63, 3.8) is 0 Å². The lowest BCUT2D eigenvalue weighted by molar-refractivity contribution is -0.384. The highest BCUT2D eigenvalue weighted by atomic mass is 32.2. The molecule has 0 fully saturated rings. The quantitative estimate of drug-likeness (QED) is 0.227. The van der Waals surface area contributed by atoms with E-state index < -0.39 is 22.7 Å². The van der Waals surface area contributed by atoms with Crippen molar-refractivity contribution >= 4 is 46.6 Å². The van der Waals surface area contributed by atoms with Crippen LogP contribution in [0.25, 0.3) is 0 Å². The van der Waals surface area contributed by atoms with Crippen molar-refractivity contribution in [2.24, 2.45) is 11.8 Å². The molecule has 3 rings (SSSR count). The number of carboxylic acids is 1. The number of thioether (sulfide) groups is 1. The number of aryl methyl sites for hydroxylation is 1. The summed E-state index contributed by atoms with van der Waals surface area (Å²) in [5.74, 6) is -3.01. The summed E-state index contributed by atoms with van der Waals surface area (Å²) in [6, 6.07) is 11.2. The molecular formula is C23H23N3O6S. The van der Waals surface area contributed by atoms with E-state index in [1.165, 1.54) is 23.9 Å². The van der Waals surface area contributed by atoms with E-state index in [1.54, 1.807) is 43.3 Å². The van der Waals surface area contributed by atoms with Gasteiger partial charge in [-0.1, -0.05) is 24.3 Å². The van der Waals surface area contributed by atoms with Crippen molar-refractivity contribution in [3.05, 3.63) is 70.3 Å². The molecule has 2 amide bonds. The number of rotatable bonds is 8. The largest absolute Gasteiger partial charge is 0.481 e. The summed E-state index contributed by atoms with van der Waals surface area (Å²) in [5, 5.41) is 25.8. The summed E-state index contributed by atoms with van der Waals surface area (Å²) in [4.78, 5) is 47.6. The number of nitrogens with one attached hydrogen (secondary N) is 2. The summed E-state index contributed by atoms with van der Waals surface area (Å²) < 4.78 is 0. The molecule has 0 aliphatic heterocycles. The zero-order valence-corrected chi connectivity index (χ0v) is 18.6. The molecule has 0 saturated carbocycles. The van der Waals surface area contributed by atoms with Gasteiger partial charge in [-0.2, -0.15) is 0 Å². The zero-order chi connectivity index (χ0) is 24.0. The maximum Gasteiger partial charge on any atom is 0.307 e. The maximum absolute atomic E-state index is 12.6. The molecule has 172 valence electrons. The Morgan fingerprint density at radius 1 is 1.09 bits per heavy atom. The maximum atomic E-state index is 12.6. The number of benzene rings is 2. The van der Waals surface area contributed by atoms with Crippen molar-refractivity contribution in [3.8, 4) is 0 Å². The van der Waals surface area contributed by atoms with Crippen molar-refractivity contribution in [2.75, 3.05) is 16.4 Å². The predicted octanol–water partition coefficient (Wildman–Crippen LogP) is 4.24. The SMILES string of the molecule is Cc1ccc([N+](=O)[O-])cc1NC(=O)CSc1cccc(NC(=O)C2CC=CCC2C(=O)O)c1. The van der Waals surface area contributed by atoms with Gasteiger partial charge in [0.1, 0.15) is 0 Å². The summed E-state index contributed by atoms with van der Waals surface area (Å²) in [5.41, 5.74) is 1.50. The van der Waals surface area contributed by atoms with Crippen LogP contribution in [-0.2, 0) is 14.4 Å². The Morgan fingerprint density at radius 3 is 2.52 bits per heavy atom. The third-order valence-electron chi connectivity index (χ3n) is 5.26. The first-order chi connectivity index (χ1) is 15.7. The van der Waals surface area contributed by atoms with Gasteiger partial charge in [0.25, 0.3) is 5.69 Å². The third-order valence-corrected chi connectivity index (χ3v) is 6.26. The molecule has 2 atom stereocenters. The van der Waals surface area contributed by atoms with Gasteiger partial charge in [0.2, 0.25) is 11.8 Å². The highest BCUT2D eigenvalue weighted by Crippen LogP contribution is 2.28. The van der Waals surface area contributed by atoms with Crippen LogP contribution in [0.5, 0.6) is 0 Å². The van der Waals surface area contributed by atoms with Crippen LogP contribution in [0.3, 0.4) is 0 Å². The smallest absolute Gasteiger partial charge is 0.307 e. The van der Waals surface area contributed by atoms with Crippen LogP contribution in [0.15, 0.2) is 59.5 Å². The van der Waals surface area contributed by atoms with Gasteiger partial charge in [0, 0.05) is 22.7 Å². The number of aliphatic carboxylic acids is 1. The van der Waals surface area contributed by atoms with Crippen molar-refractivity contribution in [1.29, 1.82) is 0 Å². The van der Waals surface area contributed by atoms with Gasteiger partial charge in [-0.05, 0) is 43.5 Å². The van der Waals surface area contributed by atoms with E-state index in [0.717, 1.165) is 4.90 Å². The van der Waals surface area contributed by atoms with Crippen molar-refractivity contribution in [1.82, 2.24) is 0 Å². The lowest BCUT2D eigenvalue weighted by atomic mass is 9.82. The second-order valence-corrected chi connectivity index (χ2v) is 8.65. The number of non-ortho nitro benzene ring substituents is 1. The fourth-order valence-electron chi connectivity index (χ4n) is 3.47. The molecule has 2 aromatic rings. The van der Waals surface area contributed by atoms with E-state index in [1.807, 2.05) is 6.08 Å². The molecule has 0 saturated heterocycles. The number of amides is 2. The normalized spacial score (nSPS) is 17.2. The van der Waals surface area contributed by atoms with Crippen LogP contribution in [-0.4, -0.2) is 33.6 Å². The first-order valence-electron chi connectivity index (χ1n) is 10.2. The molecule has 0 heterocycles. The Morgan fingerprint density at radius 2 is 1.82 bits per heavy atom. The van der Waals surface area contributed by atoms with E-state index in [9.17, 15) is 29.6 Å². The molecule has 1 aliphatic rings. The van der Waals surface area contributed by atoms with E-state index >= 15 is 0 Å². The fraction of sp³-hybridized carbons (Fsp3) is 0.261. The molecule has 2 unspecified atom stereocenters. The average molecular weight is 470 g/mol. The molecule has 0 aromatic heterocycles. The minimum absolute atomic E-state index is 0.0635. The van der Waals surface area contributed by atoms with Gasteiger partial charge in [0.15, 0.2) is 0 Å². The van der Waals surface area contributed by atoms with Crippen molar-refractivity contribution < 1.29 is 24.4 Å². The monoisotopic (exact) mass is 469 g/mol. The molecule has 0 spiro atoms. The summed E-state index contributed by atoms with van der Waals surface area (Å²) in [7, 11) is 0. The Bertz CT molecular complexity index is 1120. The van der Waals surface area contributed by atoms with Gasteiger partial charge in [-0.3, -0.25) is 24.5 Å². The Balaban J connectivity index is 1.59. The third kappa shape index (κ3) is 6.42. The number of hydrogen-bond acceptors (Lipinski definition) is 6. The summed E-state index contributed by atoms with van der Waals surface area (Å²) in [6.45, 7) is 1.75. The molecule has 33 heavy (non-hydrogen) atoms. The number of allylic oxidation sites excluding steroid dienone is 2. The molecule has 0 radical (unpaired) electrons. The molecule has 10 heteroatoms. The number of anilines is 2. The minimum atomic E-state index is -0.992. The number of nitrogens with zero attached hydrogens (tertiary/aromatic N) is 1. The van der Waals surface area contributed by atoms with Gasteiger partial charge in [0.05, 0.1) is 28.2 Å². The second-order valence-electron chi connectivity index (χ2n) is 7.60. The number of carbonyl (C=O) groups excluding carboxylic acids is 2. The lowest BCUT2D eigenvalue weighted by Crippen LogP contribution is -2.34. The molecule has 0 bridgehead atoms. The lowest BCUT2D eigenvalue weighted by Gasteiger charge is -2.24. The fourth-order valence-corrected chi connectivity index (χ4v) is 4.22. The molecule has 9 nitrogen and oxygen atoms in total. The number of hydrogen-bond donors (Lipinski definition) is 3. The van der Waals surface area contributed by atoms with E-state index in [-0.39, 0.29) is 23.3 Å². The van der Waals surface area contributed by atoms with E-state index in [4.69, 9.17) is 0 Å². The molecule has 3 N–H and O–H groups in total. The molecule has 1 aliphatic carbocycles. The van der Waals surface area contributed by atoms with Gasteiger partial charge >= 0.3 is 5.97 Å². The Kier molecular flexibility index (Phi) is 7.83. The standard InChI is InChI=1S/C23H23N3O6S/c1-14-9-10-16(26(31)32)12-20(14)25-21(27)13-33-17-6-4-5-15(11-17)24-22(28)18-7-2-3-8-19(18)23(29)30/h2-6,9-12,18-19H,7-8,13H2,1H3,(H,24,28)(H,25,27)(H,29,30). The zero-order valence-electron chi connectivity index (χ0n) is 17.8. The van der Waals surface area contributed by atoms with Crippen LogP contribution in [0.1, 0.15) is 18.4 Å². The van der Waals surface area contributed by atoms with Crippen LogP contribution < -0.4 is 10.6 Å².